The van der Waals surface area contributed by atoms with Crippen molar-refractivity contribution in [3.63, 3.8) is 0 Å². The SMILES string of the molecule is CN(C(=O)C(Cc1ccccc1)NC(=O)NS(=O)(=O)c1c(Cl)cccc1Cl)c1ccc2c(c1)OCO2. The molecule has 1 aliphatic rings. The van der Waals surface area contributed by atoms with Crippen molar-refractivity contribution >= 4 is 50.9 Å². The molecule has 1 heterocycles. The number of halogens is 2. The molecule has 0 saturated carbocycles. The summed E-state index contributed by atoms with van der Waals surface area (Å²) >= 11 is 12.0. The van der Waals surface area contributed by atoms with Gasteiger partial charge in [-0.3, -0.25) is 4.79 Å². The van der Waals surface area contributed by atoms with E-state index in [0.29, 0.717) is 17.2 Å². The Labute approximate surface area is 218 Å². The van der Waals surface area contributed by atoms with Crippen molar-refractivity contribution < 1.29 is 27.5 Å². The molecule has 3 amide bonds. The molecule has 3 aromatic carbocycles. The molecule has 0 radical (unpaired) electrons. The van der Waals surface area contributed by atoms with Gasteiger partial charge in [-0.1, -0.05) is 59.6 Å². The molecular weight excluding hydrogens is 529 g/mol. The van der Waals surface area contributed by atoms with Crippen molar-refractivity contribution in [3.8, 4) is 11.5 Å². The number of rotatable bonds is 7. The second-order valence-corrected chi connectivity index (χ2v) is 10.2. The predicted molar refractivity (Wildman–Crippen MR) is 135 cm³/mol. The minimum atomic E-state index is -4.43. The van der Waals surface area contributed by atoms with Gasteiger partial charge >= 0.3 is 6.03 Å². The lowest BCUT2D eigenvalue weighted by atomic mass is 10.0. The Morgan fingerprint density at radius 2 is 1.64 bits per heavy atom. The first-order valence-corrected chi connectivity index (χ1v) is 12.9. The molecule has 12 heteroatoms. The number of nitrogens with one attached hydrogen (secondary N) is 2. The zero-order valence-corrected chi connectivity index (χ0v) is 21.2. The van der Waals surface area contributed by atoms with E-state index < -0.39 is 32.9 Å². The fourth-order valence-electron chi connectivity index (χ4n) is 3.60. The number of nitrogens with zero attached hydrogens (tertiary/aromatic N) is 1. The minimum Gasteiger partial charge on any atom is -0.454 e. The zero-order valence-electron chi connectivity index (χ0n) is 18.9. The third kappa shape index (κ3) is 5.67. The number of fused-ring (bicyclic) bond motifs is 1. The molecule has 4 rings (SSSR count). The first-order valence-electron chi connectivity index (χ1n) is 10.6. The molecule has 0 fully saturated rings. The van der Waals surface area contributed by atoms with E-state index in [4.69, 9.17) is 32.7 Å². The lowest BCUT2D eigenvalue weighted by Gasteiger charge is -2.25. The first kappa shape index (κ1) is 25.6. The van der Waals surface area contributed by atoms with Gasteiger partial charge in [0.05, 0.1) is 10.0 Å². The summed E-state index contributed by atoms with van der Waals surface area (Å²) in [7, 11) is -2.89. The van der Waals surface area contributed by atoms with Crippen molar-refractivity contribution in [1.82, 2.24) is 10.0 Å². The Bertz CT molecular complexity index is 1380. The monoisotopic (exact) mass is 549 g/mol. The average molecular weight is 550 g/mol. The number of carbonyl (C=O) groups is 2. The number of anilines is 1. The summed E-state index contributed by atoms with van der Waals surface area (Å²) < 4.78 is 38.2. The summed E-state index contributed by atoms with van der Waals surface area (Å²) in [6, 6.07) is 15.9. The number of sulfonamides is 1. The maximum absolute atomic E-state index is 13.4. The molecule has 2 N–H and O–H groups in total. The molecule has 36 heavy (non-hydrogen) atoms. The van der Waals surface area contributed by atoms with Crippen molar-refractivity contribution in [3.05, 3.63) is 82.3 Å². The predicted octanol–water partition coefficient (Wildman–Crippen LogP) is 3.98. The van der Waals surface area contributed by atoms with Crippen LogP contribution in [0.2, 0.25) is 10.0 Å². The highest BCUT2D eigenvalue weighted by Crippen LogP contribution is 2.35. The van der Waals surface area contributed by atoms with Crippen LogP contribution in [-0.2, 0) is 21.2 Å². The van der Waals surface area contributed by atoms with Gasteiger partial charge in [0.15, 0.2) is 11.5 Å². The van der Waals surface area contributed by atoms with Gasteiger partial charge < -0.3 is 19.7 Å². The molecule has 188 valence electrons. The van der Waals surface area contributed by atoms with Crippen LogP contribution in [0.25, 0.3) is 0 Å². The maximum Gasteiger partial charge on any atom is 0.329 e. The summed E-state index contributed by atoms with van der Waals surface area (Å²) in [4.78, 5) is 27.1. The summed E-state index contributed by atoms with van der Waals surface area (Å²) in [5.41, 5.74) is 1.26. The Morgan fingerprint density at radius 1 is 0.972 bits per heavy atom. The Kier molecular flexibility index (Phi) is 7.58. The van der Waals surface area contributed by atoms with Gasteiger partial charge in [-0.2, -0.15) is 0 Å². The molecule has 0 saturated heterocycles. The van der Waals surface area contributed by atoms with Crippen LogP contribution in [0.15, 0.2) is 71.6 Å². The number of amides is 3. The summed E-state index contributed by atoms with van der Waals surface area (Å²) in [5.74, 6) is 0.558. The van der Waals surface area contributed by atoms with Gasteiger partial charge in [0.25, 0.3) is 10.0 Å². The van der Waals surface area contributed by atoms with Crippen LogP contribution in [0.1, 0.15) is 5.56 Å². The third-order valence-electron chi connectivity index (χ3n) is 5.37. The lowest BCUT2D eigenvalue weighted by Crippen LogP contribution is -2.52. The maximum atomic E-state index is 13.4. The van der Waals surface area contributed by atoms with Crippen LogP contribution >= 0.6 is 23.2 Å². The van der Waals surface area contributed by atoms with Crippen molar-refractivity contribution in [2.45, 2.75) is 17.4 Å². The van der Waals surface area contributed by atoms with E-state index in [1.165, 1.54) is 30.1 Å². The van der Waals surface area contributed by atoms with Crippen LogP contribution in [-0.4, -0.2) is 40.2 Å². The third-order valence-corrected chi connectivity index (χ3v) is 7.66. The fourth-order valence-corrected chi connectivity index (χ4v) is 5.67. The molecule has 1 atom stereocenters. The highest BCUT2D eigenvalue weighted by molar-refractivity contribution is 7.90. The first-order chi connectivity index (χ1) is 17.2. The number of ether oxygens (including phenoxy) is 2. The van der Waals surface area contributed by atoms with Gasteiger partial charge in [-0.15, -0.1) is 0 Å². The Morgan fingerprint density at radius 3 is 2.33 bits per heavy atom. The second-order valence-electron chi connectivity index (χ2n) is 7.81. The number of likely N-dealkylation sites (N-methyl/N-ethyl adjacent to an activating group) is 1. The van der Waals surface area contributed by atoms with Gasteiger partial charge in [-0.25, -0.2) is 17.9 Å². The number of carbonyl (C=O) groups excluding carboxylic acids is 2. The summed E-state index contributed by atoms with van der Waals surface area (Å²) in [6.07, 6.45) is 0.106. The van der Waals surface area contributed by atoms with E-state index >= 15 is 0 Å². The van der Waals surface area contributed by atoms with Crippen LogP contribution in [0.4, 0.5) is 10.5 Å². The van der Waals surface area contributed by atoms with Crippen LogP contribution in [0, 0.1) is 0 Å². The molecule has 1 aliphatic heterocycles. The average Bonchev–Trinajstić information content (AvgIpc) is 3.30. The molecular formula is C24H21Cl2N3O6S. The van der Waals surface area contributed by atoms with E-state index in [2.05, 4.69) is 5.32 Å². The molecule has 0 bridgehead atoms. The van der Waals surface area contributed by atoms with E-state index in [1.807, 2.05) is 10.8 Å². The molecule has 3 aromatic rings. The molecule has 9 nitrogen and oxygen atoms in total. The quantitative estimate of drug-likeness (QED) is 0.460. The summed E-state index contributed by atoms with van der Waals surface area (Å²) in [5, 5.41) is 2.17. The lowest BCUT2D eigenvalue weighted by molar-refractivity contribution is -0.120. The van der Waals surface area contributed by atoms with Crippen molar-refractivity contribution in [1.29, 1.82) is 0 Å². The fraction of sp³-hybridized carbons (Fsp3) is 0.167. The second kappa shape index (κ2) is 10.7. The number of urea groups is 1. The van der Waals surface area contributed by atoms with Crippen LogP contribution < -0.4 is 24.4 Å². The minimum absolute atomic E-state index is 0.0821. The van der Waals surface area contributed by atoms with E-state index in [0.717, 1.165) is 5.56 Å². The highest BCUT2D eigenvalue weighted by atomic mass is 35.5. The smallest absolute Gasteiger partial charge is 0.329 e. The Hall–Kier alpha value is -3.47. The number of hydrogen-bond acceptors (Lipinski definition) is 6. The standard InChI is InChI=1S/C24H21Cl2N3O6S/c1-29(16-10-11-20-21(13-16)35-14-34-20)23(30)19(12-15-6-3-2-4-7-15)27-24(31)28-36(32,33)22-17(25)8-5-9-18(22)26/h2-11,13,19H,12,14H2,1H3,(H2,27,28,31). The highest BCUT2D eigenvalue weighted by Gasteiger charge is 2.29. The van der Waals surface area contributed by atoms with E-state index in [1.54, 1.807) is 42.5 Å². The van der Waals surface area contributed by atoms with Crippen molar-refractivity contribution in [2.75, 3.05) is 18.7 Å². The van der Waals surface area contributed by atoms with Gasteiger partial charge in [0.2, 0.25) is 12.7 Å². The number of benzene rings is 3. The normalized spacial score (nSPS) is 13.1. The van der Waals surface area contributed by atoms with E-state index in [9.17, 15) is 18.0 Å². The molecule has 0 aromatic heterocycles. The van der Waals surface area contributed by atoms with Crippen LogP contribution in [0.3, 0.4) is 0 Å². The van der Waals surface area contributed by atoms with Crippen LogP contribution in [0.5, 0.6) is 11.5 Å². The molecule has 0 aliphatic carbocycles. The van der Waals surface area contributed by atoms with Gasteiger partial charge in [-0.05, 0) is 29.8 Å². The topological polar surface area (TPSA) is 114 Å². The van der Waals surface area contributed by atoms with E-state index in [-0.39, 0.29) is 23.3 Å². The molecule has 1 unspecified atom stereocenters. The zero-order chi connectivity index (χ0) is 25.9. The van der Waals surface area contributed by atoms with Gasteiger partial charge in [0, 0.05) is 25.2 Å². The van der Waals surface area contributed by atoms with Crippen molar-refractivity contribution in [2.24, 2.45) is 0 Å². The number of hydrogen-bond donors (Lipinski definition) is 2. The largest absolute Gasteiger partial charge is 0.454 e. The Balaban J connectivity index is 1.56. The van der Waals surface area contributed by atoms with Gasteiger partial charge in [0.1, 0.15) is 10.9 Å². The molecule has 0 spiro atoms. The summed E-state index contributed by atoms with van der Waals surface area (Å²) in [6.45, 7) is 0.0821.